The smallest absolute Gasteiger partial charge is 0.388 e. The molecule has 0 aromatic heterocycles. The van der Waals surface area contributed by atoms with Crippen LogP contribution in [0.4, 0.5) is 18.9 Å². The molecule has 0 unspecified atom stereocenters. The lowest BCUT2D eigenvalue weighted by Crippen LogP contribution is -2.51. The van der Waals surface area contributed by atoms with E-state index in [9.17, 15) is 27.9 Å². The molecule has 0 bridgehead atoms. The number of carbonyl (C=O) groups excluding carboxylic acids is 2. The number of benzene rings is 1. The molecule has 2 saturated heterocycles. The Kier molecular flexibility index (Phi) is 5.33. The molecule has 5 nitrogen and oxygen atoms in total. The number of anilines is 1. The minimum Gasteiger partial charge on any atom is -0.388 e. The van der Waals surface area contributed by atoms with Crippen LogP contribution < -0.4 is 4.90 Å². The first-order chi connectivity index (χ1) is 14.1. The molecule has 164 valence electrons. The van der Waals surface area contributed by atoms with Crippen LogP contribution in [0.2, 0.25) is 0 Å². The number of halogens is 3. The van der Waals surface area contributed by atoms with Crippen molar-refractivity contribution in [2.75, 3.05) is 24.5 Å². The lowest BCUT2D eigenvalue weighted by Gasteiger charge is -2.43. The van der Waals surface area contributed by atoms with Gasteiger partial charge < -0.3 is 14.9 Å². The van der Waals surface area contributed by atoms with E-state index in [1.54, 1.807) is 9.80 Å². The number of nitrogens with zero attached hydrogens (tertiary/aromatic N) is 2. The minimum absolute atomic E-state index is 0.0710. The number of hydrogen-bond donors (Lipinski definition) is 1. The fraction of sp³-hybridized carbons (Fsp3) is 0.636. The predicted octanol–water partition coefficient (Wildman–Crippen LogP) is 3.75. The number of aliphatic hydroxyl groups is 1. The van der Waals surface area contributed by atoms with Gasteiger partial charge >= 0.3 is 6.18 Å². The molecular weight excluding hydrogens is 397 g/mol. The topological polar surface area (TPSA) is 60.9 Å². The van der Waals surface area contributed by atoms with Crippen LogP contribution in [-0.4, -0.2) is 47.1 Å². The van der Waals surface area contributed by atoms with E-state index >= 15 is 0 Å². The van der Waals surface area contributed by atoms with Crippen molar-refractivity contribution in [1.82, 2.24) is 4.90 Å². The lowest BCUT2D eigenvalue weighted by atomic mass is 9.67. The quantitative estimate of drug-likeness (QED) is 0.804. The maximum atomic E-state index is 13.2. The van der Waals surface area contributed by atoms with E-state index in [0.29, 0.717) is 63.8 Å². The zero-order valence-electron chi connectivity index (χ0n) is 16.9. The molecule has 1 aliphatic carbocycles. The zero-order chi connectivity index (χ0) is 21.6. The Morgan fingerprint density at radius 1 is 0.933 bits per heavy atom. The molecule has 4 rings (SSSR count). The Morgan fingerprint density at radius 3 is 2.20 bits per heavy atom. The van der Waals surface area contributed by atoms with Crippen molar-refractivity contribution in [1.29, 1.82) is 0 Å². The summed E-state index contributed by atoms with van der Waals surface area (Å²) in [5.41, 5.74) is -1.80. The van der Waals surface area contributed by atoms with E-state index in [1.807, 2.05) is 0 Å². The van der Waals surface area contributed by atoms with E-state index < -0.39 is 22.8 Å². The predicted molar refractivity (Wildman–Crippen MR) is 105 cm³/mol. The van der Waals surface area contributed by atoms with Crippen LogP contribution in [0.15, 0.2) is 24.3 Å². The van der Waals surface area contributed by atoms with Gasteiger partial charge in [-0.2, -0.15) is 13.2 Å². The Balaban J connectivity index is 1.41. The average Bonchev–Trinajstić information content (AvgIpc) is 3.02. The molecule has 1 saturated carbocycles. The molecule has 1 N–H and O–H groups in total. The zero-order valence-corrected chi connectivity index (χ0v) is 16.9. The number of likely N-dealkylation sites (tertiary alicyclic amines) is 1. The van der Waals surface area contributed by atoms with Crippen molar-refractivity contribution in [3.05, 3.63) is 29.8 Å². The summed E-state index contributed by atoms with van der Waals surface area (Å²) in [5.74, 6) is 0.0127. The van der Waals surface area contributed by atoms with Crippen molar-refractivity contribution in [2.24, 2.45) is 5.41 Å². The maximum Gasteiger partial charge on any atom is 0.416 e. The number of piperidine rings is 1. The van der Waals surface area contributed by atoms with Crippen LogP contribution >= 0.6 is 0 Å². The molecule has 2 heterocycles. The second kappa shape index (κ2) is 7.55. The Labute approximate surface area is 173 Å². The van der Waals surface area contributed by atoms with Crippen LogP contribution in [-0.2, 0) is 15.8 Å². The monoisotopic (exact) mass is 424 g/mol. The van der Waals surface area contributed by atoms with Gasteiger partial charge in [0.05, 0.1) is 16.6 Å². The summed E-state index contributed by atoms with van der Waals surface area (Å²) in [7, 11) is 0. The maximum absolute atomic E-state index is 13.2. The highest BCUT2D eigenvalue weighted by atomic mass is 19.4. The summed E-state index contributed by atoms with van der Waals surface area (Å²) in [6.07, 6.45) is 0.553. The van der Waals surface area contributed by atoms with Crippen LogP contribution in [0.1, 0.15) is 56.9 Å². The van der Waals surface area contributed by atoms with Gasteiger partial charge in [-0.1, -0.05) is 0 Å². The first-order valence-corrected chi connectivity index (χ1v) is 10.6. The molecule has 2 amide bonds. The third-order valence-electron chi connectivity index (χ3n) is 7.06. The van der Waals surface area contributed by atoms with Crippen LogP contribution in [0, 0.1) is 5.41 Å². The third-order valence-corrected chi connectivity index (χ3v) is 7.06. The van der Waals surface area contributed by atoms with Gasteiger partial charge in [0.15, 0.2) is 0 Å². The average molecular weight is 424 g/mol. The van der Waals surface area contributed by atoms with Crippen molar-refractivity contribution in [2.45, 2.75) is 63.1 Å². The number of amides is 2. The Morgan fingerprint density at radius 2 is 1.60 bits per heavy atom. The molecule has 0 atom stereocenters. The second-order valence-electron chi connectivity index (χ2n) is 9.03. The summed E-state index contributed by atoms with van der Waals surface area (Å²) in [6, 6.07) is 4.70. The molecule has 1 aromatic rings. The molecule has 3 aliphatic rings. The molecule has 30 heavy (non-hydrogen) atoms. The van der Waals surface area contributed by atoms with Gasteiger partial charge in [0.1, 0.15) is 0 Å². The van der Waals surface area contributed by atoms with Crippen molar-refractivity contribution >= 4 is 17.5 Å². The number of β-amino-alcohol motifs (C(OH)–C–C–N with tert-alkyl or cyclic N) is 1. The van der Waals surface area contributed by atoms with Crippen molar-refractivity contribution < 1.29 is 27.9 Å². The molecule has 2 aliphatic heterocycles. The van der Waals surface area contributed by atoms with E-state index in [4.69, 9.17) is 0 Å². The first-order valence-electron chi connectivity index (χ1n) is 10.6. The van der Waals surface area contributed by atoms with E-state index in [-0.39, 0.29) is 11.8 Å². The fourth-order valence-electron chi connectivity index (χ4n) is 5.10. The highest BCUT2D eigenvalue weighted by molar-refractivity contribution is 6.00. The van der Waals surface area contributed by atoms with Gasteiger partial charge in [-0.15, -0.1) is 0 Å². The summed E-state index contributed by atoms with van der Waals surface area (Å²) in [6.45, 7) is 1.46. The molecular formula is C22H27F3N2O3. The molecule has 0 radical (unpaired) electrons. The summed E-state index contributed by atoms with van der Waals surface area (Å²) in [4.78, 5) is 28.6. The van der Waals surface area contributed by atoms with Gasteiger partial charge in [0.25, 0.3) is 0 Å². The molecule has 1 spiro atoms. The Hall–Kier alpha value is -2.09. The van der Waals surface area contributed by atoms with Gasteiger partial charge in [0, 0.05) is 31.7 Å². The number of hydrogen-bond acceptors (Lipinski definition) is 3. The van der Waals surface area contributed by atoms with Gasteiger partial charge in [0.2, 0.25) is 11.8 Å². The van der Waals surface area contributed by atoms with Gasteiger partial charge in [-0.05, 0) is 69.2 Å². The van der Waals surface area contributed by atoms with Crippen LogP contribution in [0.3, 0.4) is 0 Å². The van der Waals surface area contributed by atoms with E-state index in [0.717, 1.165) is 25.0 Å². The van der Waals surface area contributed by atoms with Gasteiger partial charge in [-0.3, -0.25) is 9.59 Å². The van der Waals surface area contributed by atoms with E-state index in [2.05, 4.69) is 0 Å². The largest absolute Gasteiger partial charge is 0.416 e. The summed E-state index contributed by atoms with van der Waals surface area (Å²) >= 11 is 0. The Bertz CT molecular complexity index is 814. The normalized spacial score (nSPS) is 30.4. The molecule has 1 aromatic carbocycles. The standard InChI is InChI=1S/C22H27F3N2O3/c23-22(24,25)16-4-6-17(7-5-16)27-14-12-20(19(27)29)8-10-21(30,11-9-20)15-26-13-2-1-3-18(26)28/h4-7,30H,1-3,8-15H2/t20-,21+. The number of alkyl halides is 3. The van der Waals surface area contributed by atoms with Crippen molar-refractivity contribution in [3.63, 3.8) is 0 Å². The SMILES string of the molecule is O=C1CCCCN1C[C@]1(O)CC[C@]2(CCN(c3ccc(C(F)(F)F)cc3)C2=O)CC1. The number of carbonyl (C=O) groups is 2. The third kappa shape index (κ3) is 3.94. The first kappa shape index (κ1) is 21.2. The summed E-state index contributed by atoms with van der Waals surface area (Å²) in [5, 5.41) is 11.0. The minimum atomic E-state index is -4.40. The molecule has 8 heteroatoms. The molecule has 3 fully saturated rings. The number of rotatable bonds is 3. The van der Waals surface area contributed by atoms with Crippen LogP contribution in [0.25, 0.3) is 0 Å². The summed E-state index contributed by atoms with van der Waals surface area (Å²) < 4.78 is 38.4. The van der Waals surface area contributed by atoms with Crippen LogP contribution in [0.5, 0.6) is 0 Å². The highest BCUT2D eigenvalue weighted by Gasteiger charge is 2.52. The second-order valence-corrected chi connectivity index (χ2v) is 9.03. The lowest BCUT2D eigenvalue weighted by molar-refractivity contribution is -0.142. The van der Waals surface area contributed by atoms with Crippen molar-refractivity contribution in [3.8, 4) is 0 Å². The highest BCUT2D eigenvalue weighted by Crippen LogP contribution is 2.49. The van der Waals surface area contributed by atoms with E-state index in [1.165, 1.54) is 12.1 Å². The van der Waals surface area contributed by atoms with Gasteiger partial charge in [-0.25, -0.2) is 0 Å². The fourth-order valence-corrected chi connectivity index (χ4v) is 5.10.